The Morgan fingerprint density at radius 2 is 1.85 bits per heavy atom. The second-order valence-electron chi connectivity index (χ2n) is 2.77. The van der Waals surface area contributed by atoms with Crippen molar-refractivity contribution < 1.29 is 4.42 Å². The molecule has 0 amide bonds. The van der Waals surface area contributed by atoms with Crippen molar-refractivity contribution in [3.63, 3.8) is 0 Å². The summed E-state index contributed by atoms with van der Waals surface area (Å²) in [6.07, 6.45) is 1.72. The van der Waals surface area contributed by atoms with Gasteiger partial charge in [0.15, 0.2) is 0 Å². The number of hydrogen-bond donors (Lipinski definition) is 0. The first-order chi connectivity index (χ1) is 6.42. The Hall–Kier alpha value is -1.02. The summed E-state index contributed by atoms with van der Waals surface area (Å²) in [7, 11) is 0. The zero-order valence-electron chi connectivity index (χ0n) is 7.03. The number of hydrogen-bond acceptors (Lipinski definition) is 1. The number of rotatable bonds is 2. The van der Waals surface area contributed by atoms with E-state index in [9.17, 15) is 0 Å². The number of alkyl halides is 1. The van der Waals surface area contributed by atoms with Crippen LogP contribution >= 0.6 is 15.9 Å². The summed E-state index contributed by atoms with van der Waals surface area (Å²) in [5.74, 6) is 0.956. The third kappa shape index (κ3) is 1.68. The van der Waals surface area contributed by atoms with E-state index in [2.05, 4.69) is 15.9 Å². The Kier molecular flexibility index (Phi) is 2.50. The van der Waals surface area contributed by atoms with E-state index >= 15 is 0 Å². The molecule has 1 nitrogen and oxygen atoms in total. The first-order valence-corrected chi connectivity index (χ1v) is 5.21. The number of furan rings is 1. The molecule has 0 aliphatic rings. The molecule has 1 aromatic carbocycles. The highest BCUT2D eigenvalue weighted by atomic mass is 79.9. The van der Waals surface area contributed by atoms with Gasteiger partial charge in [0.05, 0.1) is 6.26 Å². The lowest BCUT2D eigenvalue weighted by Crippen LogP contribution is -1.78. The summed E-state index contributed by atoms with van der Waals surface area (Å²) >= 11 is 3.42. The second-order valence-corrected chi connectivity index (χ2v) is 3.34. The molecule has 2 aromatic rings. The van der Waals surface area contributed by atoms with E-state index in [1.807, 2.05) is 36.4 Å². The van der Waals surface area contributed by atoms with Crippen molar-refractivity contribution in [2.24, 2.45) is 0 Å². The Morgan fingerprint density at radius 3 is 2.54 bits per heavy atom. The monoisotopic (exact) mass is 236 g/mol. The minimum atomic E-state index is 0.827. The van der Waals surface area contributed by atoms with Gasteiger partial charge in [0.1, 0.15) is 5.76 Å². The van der Waals surface area contributed by atoms with E-state index in [-0.39, 0.29) is 0 Å². The van der Waals surface area contributed by atoms with Gasteiger partial charge in [-0.3, -0.25) is 0 Å². The van der Waals surface area contributed by atoms with Gasteiger partial charge in [0.25, 0.3) is 0 Å². The fourth-order valence-corrected chi connectivity index (χ4v) is 1.73. The van der Waals surface area contributed by atoms with E-state index in [1.54, 1.807) is 6.26 Å². The van der Waals surface area contributed by atoms with Gasteiger partial charge in [-0.25, -0.2) is 0 Å². The molecule has 0 fully saturated rings. The minimum absolute atomic E-state index is 0.827. The molecule has 0 radical (unpaired) electrons. The molecule has 0 atom stereocenters. The molecule has 0 saturated heterocycles. The summed E-state index contributed by atoms with van der Waals surface area (Å²) in [5.41, 5.74) is 2.31. The summed E-state index contributed by atoms with van der Waals surface area (Å²) in [4.78, 5) is 0. The molecule has 0 bridgehead atoms. The van der Waals surface area contributed by atoms with Gasteiger partial charge in [-0.1, -0.05) is 46.3 Å². The van der Waals surface area contributed by atoms with Crippen molar-refractivity contribution in [3.05, 3.63) is 48.2 Å². The molecule has 66 valence electrons. The quantitative estimate of drug-likeness (QED) is 0.723. The second kappa shape index (κ2) is 3.79. The van der Waals surface area contributed by atoms with Crippen LogP contribution in [-0.4, -0.2) is 0 Å². The van der Waals surface area contributed by atoms with Crippen molar-refractivity contribution in [1.29, 1.82) is 0 Å². The zero-order valence-corrected chi connectivity index (χ0v) is 8.62. The van der Waals surface area contributed by atoms with Crippen LogP contribution < -0.4 is 0 Å². The van der Waals surface area contributed by atoms with Crippen LogP contribution in [0, 0.1) is 0 Å². The number of benzene rings is 1. The van der Waals surface area contributed by atoms with Crippen molar-refractivity contribution in [2.75, 3.05) is 0 Å². The van der Waals surface area contributed by atoms with Crippen LogP contribution in [0.25, 0.3) is 11.3 Å². The van der Waals surface area contributed by atoms with E-state index in [0.29, 0.717) is 0 Å². The summed E-state index contributed by atoms with van der Waals surface area (Å²) in [6, 6.07) is 12.1. The third-order valence-electron chi connectivity index (χ3n) is 1.93. The molecular weight excluding hydrogens is 228 g/mol. The number of halogens is 1. The Balaban J connectivity index is 2.47. The standard InChI is InChI=1S/C11H9BrO/c12-8-10-6-7-13-11(10)9-4-2-1-3-5-9/h1-7H,8H2. The highest BCUT2D eigenvalue weighted by molar-refractivity contribution is 9.08. The molecule has 2 rings (SSSR count). The molecule has 1 heterocycles. The van der Waals surface area contributed by atoms with Crippen molar-refractivity contribution in [3.8, 4) is 11.3 Å². The highest BCUT2D eigenvalue weighted by Gasteiger charge is 2.06. The van der Waals surface area contributed by atoms with Gasteiger partial charge < -0.3 is 4.42 Å². The van der Waals surface area contributed by atoms with Crippen LogP contribution in [0.15, 0.2) is 47.1 Å². The molecular formula is C11H9BrO. The van der Waals surface area contributed by atoms with Crippen molar-refractivity contribution in [1.82, 2.24) is 0 Å². The lowest BCUT2D eigenvalue weighted by Gasteiger charge is -1.98. The molecule has 0 aliphatic heterocycles. The van der Waals surface area contributed by atoms with Gasteiger partial charge >= 0.3 is 0 Å². The van der Waals surface area contributed by atoms with Gasteiger partial charge in [0, 0.05) is 16.5 Å². The molecule has 0 unspecified atom stereocenters. The SMILES string of the molecule is BrCc1ccoc1-c1ccccc1. The topological polar surface area (TPSA) is 13.1 Å². The van der Waals surface area contributed by atoms with Crippen molar-refractivity contribution in [2.45, 2.75) is 5.33 Å². The fourth-order valence-electron chi connectivity index (χ4n) is 1.28. The van der Waals surface area contributed by atoms with Gasteiger partial charge in [0.2, 0.25) is 0 Å². The average molecular weight is 237 g/mol. The molecule has 13 heavy (non-hydrogen) atoms. The van der Waals surface area contributed by atoms with Gasteiger partial charge in [-0.15, -0.1) is 0 Å². The van der Waals surface area contributed by atoms with E-state index in [4.69, 9.17) is 4.42 Å². The van der Waals surface area contributed by atoms with Crippen LogP contribution in [0.3, 0.4) is 0 Å². The van der Waals surface area contributed by atoms with Crippen LogP contribution in [0.4, 0.5) is 0 Å². The summed E-state index contributed by atoms with van der Waals surface area (Å²) in [5, 5.41) is 0.827. The molecule has 2 heteroatoms. The largest absolute Gasteiger partial charge is 0.464 e. The van der Waals surface area contributed by atoms with E-state index in [1.165, 1.54) is 5.56 Å². The van der Waals surface area contributed by atoms with Crippen LogP contribution in [0.1, 0.15) is 5.56 Å². The highest BCUT2D eigenvalue weighted by Crippen LogP contribution is 2.25. The Morgan fingerprint density at radius 1 is 1.08 bits per heavy atom. The van der Waals surface area contributed by atoms with Crippen LogP contribution in [0.2, 0.25) is 0 Å². The average Bonchev–Trinajstić information content (AvgIpc) is 2.67. The predicted octanol–water partition coefficient (Wildman–Crippen LogP) is 3.84. The van der Waals surface area contributed by atoms with Gasteiger partial charge in [-0.2, -0.15) is 0 Å². The summed E-state index contributed by atoms with van der Waals surface area (Å²) < 4.78 is 5.41. The molecule has 0 N–H and O–H groups in total. The lowest BCUT2D eigenvalue weighted by molar-refractivity contribution is 0.580. The smallest absolute Gasteiger partial charge is 0.137 e. The lowest BCUT2D eigenvalue weighted by atomic mass is 10.1. The molecule has 0 spiro atoms. The van der Waals surface area contributed by atoms with E-state index in [0.717, 1.165) is 16.7 Å². The van der Waals surface area contributed by atoms with Crippen LogP contribution in [-0.2, 0) is 5.33 Å². The minimum Gasteiger partial charge on any atom is -0.464 e. The predicted molar refractivity (Wildman–Crippen MR) is 56.8 cm³/mol. The van der Waals surface area contributed by atoms with Crippen molar-refractivity contribution >= 4 is 15.9 Å². The Labute approximate surface area is 85.5 Å². The zero-order chi connectivity index (χ0) is 9.10. The van der Waals surface area contributed by atoms with Crippen LogP contribution in [0.5, 0.6) is 0 Å². The maximum Gasteiger partial charge on any atom is 0.137 e. The normalized spacial score (nSPS) is 10.2. The van der Waals surface area contributed by atoms with Gasteiger partial charge in [-0.05, 0) is 6.07 Å². The maximum atomic E-state index is 5.41. The fraction of sp³-hybridized carbons (Fsp3) is 0.0909. The summed E-state index contributed by atoms with van der Waals surface area (Å²) in [6.45, 7) is 0. The molecule has 0 saturated carbocycles. The third-order valence-corrected chi connectivity index (χ3v) is 2.53. The van der Waals surface area contributed by atoms with E-state index < -0.39 is 0 Å². The first-order valence-electron chi connectivity index (χ1n) is 4.09. The molecule has 1 aromatic heterocycles. The first kappa shape index (κ1) is 8.57. The molecule has 0 aliphatic carbocycles. The Bertz CT molecular complexity index is 378. The maximum absolute atomic E-state index is 5.41.